The first-order valence-corrected chi connectivity index (χ1v) is 10.7. The fourth-order valence-corrected chi connectivity index (χ4v) is 3.74. The highest BCUT2D eigenvalue weighted by Crippen LogP contribution is 2.32. The zero-order valence-corrected chi connectivity index (χ0v) is 18.5. The van der Waals surface area contributed by atoms with E-state index in [0.29, 0.717) is 5.69 Å². The van der Waals surface area contributed by atoms with Gasteiger partial charge in [0.2, 0.25) is 11.7 Å². The normalized spacial score (nSPS) is 14.0. The van der Waals surface area contributed by atoms with E-state index >= 15 is 0 Å². The van der Waals surface area contributed by atoms with Gasteiger partial charge >= 0.3 is 12.4 Å². The summed E-state index contributed by atoms with van der Waals surface area (Å²) >= 11 is 0. The number of carbonyl (C=O) groups excluding carboxylic acids is 2. The van der Waals surface area contributed by atoms with Crippen LogP contribution < -0.4 is 5.32 Å². The van der Waals surface area contributed by atoms with E-state index in [4.69, 9.17) is 0 Å². The van der Waals surface area contributed by atoms with Crippen LogP contribution in [0.4, 0.5) is 26.3 Å². The summed E-state index contributed by atoms with van der Waals surface area (Å²) in [5, 5.41) is 12.5. The third kappa shape index (κ3) is 5.33. The Balaban J connectivity index is 1.32. The molecular formula is C21H19F6N7O2. The monoisotopic (exact) mass is 515 g/mol. The average Bonchev–Trinajstić information content (AvgIpc) is 3.46. The Labute approximate surface area is 199 Å². The number of amides is 2. The van der Waals surface area contributed by atoms with Gasteiger partial charge in [-0.1, -0.05) is 18.2 Å². The van der Waals surface area contributed by atoms with E-state index in [1.165, 1.54) is 17.0 Å². The van der Waals surface area contributed by atoms with Gasteiger partial charge in [0.25, 0.3) is 5.91 Å². The van der Waals surface area contributed by atoms with E-state index in [9.17, 15) is 35.9 Å². The van der Waals surface area contributed by atoms with Crippen molar-refractivity contribution in [2.24, 2.45) is 0 Å². The Hall–Kier alpha value is -3.91. The maximum atomic E-state index is 13.4. The molecule has 3 heterocycles. The molecule has 0 aliphatic carbocycles. The van der Waals surface area contributed by atoms with Gasteiger partial charge in [0.1, 0.15) is 0 Å². The molecule has 2 aromatic heterocycles. The zero-order valence-electron chi connectivity index (χ0n) is 18.5. The molecule has 0 saturated carbocycles. The molecule has 4 rings (SSSR count). The molecule has 0 saturated heterocycles. The second-order valence-electron chi connectivity index (χ2n) is 7.93. The maximum absolute atomic E-state index is 13.4. The summed E-state index contributed by atoms with van der Waals surface area (Å²) in [5.74, 6) is -2.51. The molecule has 192 valence electrons. The van der Waals surface area contributed by atoms with Crippen molar-refractivity contribution >= 4 is 11.8 Å². The van der Waals surface area contributed by atoms with Gasteiger partial charge in [0, 0.05) is 32.3 Å². The summed E-state index contributed by atoms with van der Waals surface area (Å²) in [6.45, 7) is -0.347. The van der Waals surface area contributed by atoms with Crippen molar-refractivity contribution in [3.63, 3.8) is 0 Å². The number of rotatable bonds is 6. The van der Waals surface area contributed by atoms with Crippen molar-refractivity contribution in [2.75, 3.05) is 13.1 Å². The minimum atomic E-state index is -4.86. The summed E-state index contributed by atoms with van der Waals surface area (Å²) in [6, 6.07) is 7.98. The molecule has 0 fully saturated rings. The summed E-state index contributed by atoms with van der Waals surface area (Å²) in [4.78, 5) is 26.2. The van der Waals surface area contributed by atoms with Crippen LogP contribution in [0.1, 0.15) is 40.5 Å². The van der Waals surface area contributed by atoms with Crippen LogP contribution in [0.3, 0.4) is 0 Å². The van der Waals surface area contributed by atoms with Gasteiger partial charge in [0.15, 0.2) is 11.5 Å². The highest BCUT2D eigenvalue weighted by Gasteiger charge is 2.40. The van der Waals surface area contributed by atoms with Gasteiger partial charge in [-0.25, -0.2) is 4.68 Å². The molecule has 1 N–H and O–H groups in total. The van der Waals surface area contributed by atoms with Crippen molar-refractivity contribution < 1.29 is 35.9 Å². The van der Waals surface area contributed by atoms with Gasteiger partial charge < -0.3 is 14.8 Å². The van der Waals surface area contributed by atoms with Crippen LogP contribution in [-0.2, 0) is 30.2 Å². The fraction of sp³-hybridized carbons (Fsp3) is 0.381. The summed E-state index contributed by atoms with van der Waals surface area (Å²) < 4.78 is 81.0. The average molecular weight is 515 g/mol. The lowest BCUT2D eigenvalue weighted by Crippen LogP contribution is -2.39. The van der Waals surface area contributed by atoms with E-state index in [-0.39, 0.29) is 50.8 Å². The Morgan fingerprint density at radius 2 is 1.69 bits per heavy atom. The molecule has 36 heavy (non-hydrogen) atoms. The number of carbonyl (C=O) groups is 2. The van der Waals surface area contributed by atoms with Crippen molar-refractivity contribution in [1.82, 2.24) is 34.8 Å². The molecule has 1 aromatic carbocycles. The lowest BCUT2D eigenvalue weighted by Gasteiger charge is -2.28. The predicted molar refractivity (Wildman–Crippen MR) is 111 cm³/mol. The van der Waals surface area contributed by atoms with Crippen LogP contribution in [0, 0.1) is 0 Å². The molecule has 0 bridgehead atoms. The molecule has 9 nitrogen and oxygen atoms in total. The van der Waals surface area contributed by atoms with Crippen molar-refractivity contribution in [1.29, 1.82) is 0 Å². The number of hydrogen-bond donors (Lipinski definition) is 1. The number of hydrogen-bond acceptors (Lipinski definition) is 5. The lowest BCUT2D eigenvalue weighted by atomic mass is 10.2. The molecule has 1 aliphatic rings. The third-order valence-corrected chi connectivity index (χ3v) is 5.46. The van der Waals surface area contributed by atoms with Gasteiger partial charge in [0.05, 0.1) is 17.8 Å². The smallest absolute Gasteiger partial charge is 0.352 e. The van der Waals surface area contributed by atoms with Crippen LogP contribution >= 0.6 is 0 Å². The van der Waals surface area contributed by atoms with Crippen LogP contribution in [0.25, 0.3) is 5.69 Å². The Kier molecular flexibility index (Phi) is 6.73. The number of benzene rings is 1. The van der Waals surface area contributed by atoms with Gasteiger partial charge in [-0.3, -0.25) is 9.59 Å². The second kappa shape index (κ2) is 9.62. The molecule has 0 atom stereocenters. The number of fused-ring (bicyclic) bond motifs is 1. The molecule has 0 unspecified atom stereocenters. The molecule has 15 heteroatoms. The summed E-state index contributed by atoms with van der Waals surface area (Å²) in [7, 11) is 0. The van der Waals surface area contributed by atoms with Crippen LogP contribution in [-0.4, -0.2) is 54.3 Å². The predicted octanol–water partition coefficient (Wildman–Crippen LogP) is 3.05. The second-order valence-corrected chi connectivity index (χ2v) is 7.93. The maximum Gasteiger partial charge on any atom is 0.451 e. The number of nitrogens with zero attached hydrogens (tertiary/aromatic N) is 6. The standard InChI is InChI=1S/C21H19F6N7O2/c22-20(23,24)17-14(11-34(31-17)13-5-2-1-3-6-13)18(36)28-8-4-7-16(35)32-9-10-33-15(12-32)29-30-19(33)21(25,26)27/h1-3,5-6,11H,4,7-10,12H2,(H,28,36). The van der Waals surface area contributed by atoms with E-state index in [1.54, 1.807) is 18.2 Å². The fourth-order valence-electron chi connectivity index (χ4n) is 3.74. The molecule has 3 aromatic rings. The first kappa shape index (κ1) is 25.2. The number of aromatic nitrogens is 5. The Morgan fingerprint density at radius 1 is 0.972 bits per heavy atom. The largest absolute Gasteiger partial charge is 0.451 e. The van der Waals surface area contributed by atoms with Crippen LogP contribution in [0.2, 0.25) is 0 Å². The van der Waals surface area contributed by atoms with Crippen LogP contribution in [0.15, 0.2) is 36.5 Å². The SMILES string of the molecule is O=C(NCCCC(=O)N1CCn2c(nnc2C(F)(F)F)C1)c1cn(-c2ccccc2)nc1C(F)(F)F. The molecule has 0 radical (unpaired) electrons. The minimum absolute atomic E-state index is 0.00494. The molecule has 2 amide bonds. The van der Waals surface area contributed by atoms with Gasteiger partial charge in [-0.15, -0.1) is 10.2 Å². The van der Waals surface area contributed by atoms with E-state index in [2.05, 4.69) is 20.6 Å². The topological polar surface area (TPSA) is 97.9 Å². The first-order valence-electron chi connectivity index (χ1n) is 10.7. The van der Waals surface area contributed by atoms with Crippen molar-refractivity contribution in [3.8, 4) is 5.69 Å². The molecular weight excluding hydrogens is 496 g/mol. The minimum Gasteiger partial charge on any atom is -0.352 e. The highest BCUT2D eigenvalue weighted by atomic mass is 19.4. The number of nitrogens with one attached hydrogen (secondary N) is 1. The summed E-state index contributed by atoms with van der Waals surface area (Å²) in [6.07, 6.45) is -8.49. The zero-order chi connectivity index (χ0) is 26.1. The highest BCUT2D eigenvalue weighted by molar-refractivity contribution is 5.95. The summed E-state index contributed by atoms with van der Waals surface area (Å²) in [5.41, 5.74) is -1.66. The quantitative estimate of drug-likeness (QED) is 0.402. The Morgan fingerprint density at radius 3 is 2.36 bits per heavy atom. The molecule has 0 spiro atoms. The lowest BCUT2D eigenvalue weighted by molar-refractivity contribution is -0.148. The number of halogens is 6. The van der Waals surface area contributed by atoms with E-state index in [1.807, 2.05) is 0 Å². The third-order valence-electron chi connectivity index (χ3n) is 5.46. The van der Waals surface area contributed by atoms with Crippen molar-refractivity contribution in [3.05, 3.63) is 59.4 Å². The van der Waals surface area contributed by atoms with Gasteiger partial charge in [-0.05, 0) is 18.6 Å². The van der Waals surface area contributed by atoms with Crippen LogP contribution in [0.5, 0.6) is 0 Å². The van der Waals surface area contributed by atoms with Gasteiger partial charge in [-0.2, -0.15) is 31.4 Å². The van der Waals surface area contributed by atoms with E-state index in [0.717, 1.165) is 15.4 Å². The Bertz CT molecular complexity index is 1250. The molecule has 1 aliphatic heterocycles. The van der Waals surface area contributed by atoms with Crippen molar-refractivity contribution in [2.45, 2.75) is 38.3 Å². The van der Waals surface area contributed by atoms with E-state index < -0.39 is 35.3 Å². The first-order chi connectivity index (χ1) is 16.9. The number of para-hydroxylation sites is 1. The number of alkyl halides is 6.